The second-order valence-electron chi connectivity index (χ2n) is 7.51. The van der Waals surface area contributed by atoms with Gasteiger partial charge in [0.2, 0.25) is 10.0 Å². The lowest BCUT2D eigenvalue weighted by molar-refractivity contribution is -0.118. The van der Waals surface area contributed by atoms with Gasteiger partial charge in [0, 0.05) is 27.1 Å². The molecule has 0 saturated heterocycles. The van der Waals surface area contributed by atoms with Crippen LogP contribution in [0.5, 0.6) is 0 Å². The third-order valence-corrected chi connectivity index (χ3v) is 8.31. The summed E-state index contributed by atoms with van der Waals surface area (Å²) in [7, 11) is -0.454. The number of hydrogen-bond donors (Lipinski definition) is 0. The molecule has 1 atom stereocenters. The van der Waals surface area contributed by atoms with Gasteiger partial charge in [0.05, 0.1) is 21.2 Å². The Kier molecular flexibility index (Phi) is 6.83. The normalized spacial score (nSPS) is 18.7. The molecule has 1 saturated carbocycles. The molecule has 154 valence electrons. The summed E-state index contributed by atoms with van der Waals surface area (Å²) >= 11 is 1.55. The number of unbranched alkanes of at least 4 members (excludes halogenated alkanes) is 1. The number of carbonyl (C=O) groups excluding carboxylic acids is 1. The van der Waals surface area contributed by atoms with Gasteiger partial charge >= 0.3 is 0 Å². The fraction of sp³-hybridized carbons (Fsp3) is 0.600. The second-order valence-corrected chi connectivity index (χ2v) is 10.8. The molecule has 0 spiro atoms. The van der Waals surface area contributed by atoms with E-state index in [9.17, 15) is 13.2 Å². The highest BCUT2D eigenvalue weighted by Gasteiger charge is 2.25. The van der Waals surface area contributed by atoms with Crippen LogP contribution in [0.3, 0.4) is 0 Å². The van der Waals surface area contributed by atoms with Gasteiger partial charge in [-0.3, -0.25) is 4.79 Å². The maximum absolute atomic E-state index is 12.5. The lowest BCUT2D eigenvalue weighted by Crippen LogP contribution is -2.22. The maximum atomic E-state index is 12.5. The number of Topliss-reactive ketones (excluding diaryl/α,β-unsaturated/α-hetero) is 1. The predicted molar refractivity (Wildman–Crippen MR) is 113 cm³/mol. The lowest BCUT2D eigenvalue weighted by Gasteiger charge is -2.14. The molecule has 3 rings (SSSR count). The highest BCUT2D eigenvalue weighted by atomic mass is 32.2. The van der Waals surface area contributed by atoms with Crippen LogP contribution in [0.25, 0.3) is 11.0 Å². The Hall–Kier alpha value is -1.38. The lowest BCUT2D eigenvalue weighted by atomic mass is 10.2. The summed E-state index contributed by atoms with van der Waals surface area (Å²) in [6, 6.07) is 5.13. The molecule has 0 bridgehead atoms. The molecule has 1 aliphatic carbocycles. The first-order valence-electron chi connectivity index (χ1n) is 9.96. The third-order valence-electron chi connectivity index (χ3n) is 5.19. The van der Waals surface area contributed by atoms with Gasteiger partial charge in [-0.05, 0) is 37.5 Å². The van der Waals surface area contributed by atoms with E-state index in [2.05, 4.69) is 11.5 Å². The fourth-order valence-electron chi connectivity index (χ4n) is 3.46. The van der Waals surface area contributed by atoms with E-state index < -0.39 is 10.0 Å². The molecular weight excluding hydrogens is 394 g/mol. The number of sulfonamides is 1. The number of thioether (sulfide) groups is 1. The van der Waals surface area contributed by atoms with E-state index in [4.69, 9.17) is 4.98 Å². The standard InChI is InChI=1S/C20H29N3O3S2/c1-4-5-13-23-17-12-11-15(28(25,26)22(2)3)14-16(17)21-20(23)27-19-10-8-6-7-9-18(19)24/h11-12,14,19H,4-10,13H2,1-3H3/t19-/m1/s1. The van der Waals surface area contributed by atoms with Crippen LogP contribution in [0.2, 0.25) is 0 Å². The number of carbonyl (C=O) groups is 1. The van der Waals surface area contributed by atoms with E-state index >= 15 is 0 Å². The number of imidazole rings is 1. The van der Waals surface area contributed by atoms with E-state index in [0.717, 1.165) is 55.7 Å². The number of aromatic nitrogens is 2. The first-order chi connectivity index (χ1) is 13.3. The van der Waals surface area contributed by atoms with Crippen LogP contribution in [0, 0.1) is 0 Å². The van der Waals surface area contributed by atoms with Crippen molar-refractivity contribution >= 4 is 38.6 Å². The Morgan fingerprint density at radius 1 is 1.25 bits per heavy atom. The van der Waals surface area contributed by atoms with Crippen molar-refractivity contribution in [3.05, 3.63) is 18.2 Å². The van der Waals surface area contributed by atoms with Crippen LogP contribution in [0.1, 0.15) is 51.9 Å². The van der Waals surface area contributed by atoms with Crippen molar-refractivity contribution in [1.82, 2.24) is 13.9 Å². The number of rotatable bonds is 7. The number of benzene rings is 1. The van der Waals surface area contributed by atoms with Crippen LogP contribution >= 0.6 is 11.8 Å². The molecular formula is C20H29N3O3S2. The number of fused-ring (bicyclic) bond motifs is 1. The largest absolute Gasteiger partial charge is 0.319 e. The van der Waals surface area contributed by atoms with Crippen molar-refractivity contribution in [1.29, 1.82) is 0 Å². The molecule has 0 N–H and O–H groups in total. The minimum absolute atomic E-state index is 0.0512. The quantitative estimate of drug-likeness (QED) is 0.628. The van der Waals surface area contributed by atoms with E-state index in [1.165, 1.54) is 18.4 Å². The Balaban J connectivity index is 2.01. The zero-order valence-electron chi connectivity index (χ0n) is 16.8. The van der Waals surface area contributed by atoms with Crippen LogP contribution in [-0.2, 0) is 21.4 Å². The molecule has 8 heteroatoms. The SMILES string of the molecule is CCCCn1c(S[C@@H]2CCCCCC2=O)nc2cc(S(=O)(=O)N(C)C)ccc21. The molecule has 1 heterocycles. The molecule has 2 aromatic rings. The average molecular weight is 424 g/mol. The summed E-state index contributed by atoms with van der Waals surface area (Å²) in [6.45, 7) is 2.96. The molecule has 1 fully saturated rings. The molecule has 0 radical (unpaired) electrons. The van der Waals surface area contributed by atoms with Gasteiger partial charge in [0.1, 0.15) is 5.78 Å². The van der Waals surface area contributed by atoms with Crippen molar-refractivity contribution < 1.29 is 13.2 Å². The highest BCUT2D eigenvalue weighted by molar-refractivity contribution is 8.00. The van der Waals surface area contributed by atoms with Crippen LogP contribution < -0.4 is 0 Å². The van der Waals surface area contributed by atoms with Crippen molar-refractivity contribution in [2.24, 2.45) is 0 Å². The van der Waals surface area contributed by atoms with Crippen molar-refractivity contribution in [3.8, 4) is 0 Å². The summed E-state index contributed by atoms with van der Waals surface area (Å²) in [5.74, 6) is 0.312. The van der Waals surface area contributed by atoms with Gasteiger partial charge in [-0.15, -0.1) is 0 Å². The minimum Gasteiger partial charge on any atom is -0.319 e. The molecule has 1 aromatic carbocycles. The van der Waals surface area contributed by atoms with Gasteiger partial charge in [0.15, 0.2) is 5.16 Å². The molecule has 0 aliphatic heterocycles. The molecule has 0 amide bonds. The number of nitrogens with zero attached hydrogens (tertiary/aromatic N) is 3. The smallest absolute Gasteiger partial charge is 0.242 e. The van der Waals surface area contributed by atoms with Gasteiger partial charge in [0.25, 0.3) is 0 Å². The first-order valence-corrected chi connectivity index (χ1v) is 12.3. The fourth-order valence-corrected chi connectivity index (χ4v) is 5.64. The van der Waals surface area contributed by atoms with Crippen molar-refractivity contribution in [2.75, 3.05) is 14.1 Å². The molecule has 1 aliphatic rings. The number of ketones is 1. The van der Waals surface area contributed by atoms with Crippen molar-refractivity contribution in [3.63, 3.8) is 0 Å². The number of hydrogen-bond acceptors (Lipinski definition) is 5. The van der Waals surface area contributed by atoms with Gasteiger partial charge in [-0.1, -0.05) is 37.9 Å². The Morgan fingerprint density at radius 2 is 2.04 bits per heavy atom. The van der Waals surface area contributed by atoms with Crippen molar-refractivity contribution in [2.45, 2.75) is 73.7 Å². The monoisotopic (exact) mass is 423 g/mol. The van der Waals surface area contributed by atoms with E-state index in [1.807, 2.05) is 6.07 Å². The third kappa shape index (κ3) is 4.44. The Bertz CT molecular complexity index is 951. The average Bonchev–Trinajstić information content (AvgIpc) is 2.87. The van der Waals surface area contributed by atoms with E-state index in [-0.39, 0.29) is 10.1 Å². The van der Waals surface area contributed by atoms with Gasteiger partial charge in [-0.2, -0.15) is 0 Å². The summed E-state index contributed by atoms with van der Waals surface area (Å²) in [6.07, 6.45) is 6.77. The van der Waals surface area contributed by atoms with Crippen LogP contribution in [0.15, 0.2) is 28.3 Å². The maximum Gasteiger partial charge on any atom is 0.242 e. The van der Waals surface area contributed by atoms with E-state index in [1.54, 1.807) is 23.9 Å². The number of aryl methyl sites for hydroxylation is 1. The summed E-state index contributed by atoms with van der Waals surface area (Å²) in [5, 5.41) is 0.771. The predicted octanol–water partition coefficient (Wildman–Crippen LogP) is 4.08. The topological polar surface area (TPSA) is 72.3 Å². The first kappa shape index (κ1) is 21.3. The highest BCUT2D eigenvalue weighted by Crippen LogP contribution is 2.33. The minimum atomic E-state index is -3.51. The zero-order valence-corrected chi connectivity index (χ0v) is 18.5. The summed E-state index contributed by atoms with van der Waals surface area (Å²) in [4.78, 5) is 17.5. The molecule has 28 heavy (non-hydrogen) atoms. The molecule has 0 unspecified atom stereocenters. The van der Waals surface area contributed by atoms with Gasteiger partial charge in [-0.25, -0.2) is 17.7 Å². The van der Waals surface area contributed by atoms with Crippen LogP contribution in [0.4, 0.5) is 0 Å². The Morgan fingerprint density at radius 3 is 2.75 bits per heavy atom. The second kappa shape index (κ2) is 8.97. The van der Waals surface area contributed by atoms with Gasteiger partial charge < -0.3 is 4.57 Å². The summed E-state index contributed by atoms with van der Waals surface area (Å²) in [5.41, 5.74) is 1.59. The Labute approximate surface area is 171 Å². The van der Waals surface area contributed by atoms with E-state index in [0.29, 0.717) is 17.7 Å². The zero-order chi connectivity index (χ0) is 20.3. The molecule has 1 aromatic heterocycles. The summed E-state index contributed by atoms with van der Waals surface area (Å²) < 4.78 is 28.3. The molecule has 6 nitrogen and oxygen atoms in total. The van der Waals surface area contributed by atoms with Crippen LogP contribution in [-0.4, -0.2) is 47.4 Å².